The summed E-state index contributed by atoms with van der Waals surface area (Å²) >= 11 is 0. The number of carbonyl (C=O) groups excluding carboxylic acids is 1. The van der Waals surface area contributed by atoms with E-state index in [0.29, 0.717) is 42.7 Å². The van der Waals surface area contributed by atoms with Crippen molar-refractivity contribution in [2.45, 2.75) is 83.7 Å². The van der Waals surface area contributed by atoms with Gasteiger partial charge in [0.1, 0.15) is 18.1 Å². The van der Waals surface area contributed by atoms with Gasteiger partial charge in [-0.25, -0.2) is 0 Å². The minimum Gasteiger partial charge on any atom is -0.489 e. The highest BCUT2D eigenvalue weighted by atomic mass is 16.5. The van der Waals surface area contributed by atoms with Crippen molar-refractivity contribution in [3.8, 4) is 5.75 Å². The van der Waals surface area contributed by atoms with Gasteiger partial charge in [-0.1, -0.05) is 62.6 Å². The van der Waals surface area contributed by atoms with Gasteiger partial charge in [-0.3, -0.25) is 4.79 Å². The van der Waals surface area contributed by atoms with Gasteiger partial charge < -0.3 is 9.84 Å². The Kier molecular flexibility index (Phi) is 7.11. The molecule has 0 aromatic heterocycles. The summed E-state index contributed by atoms with van der Waals surface area (Å²) in [4.78, 5) is 13.2. The van der Waals surface area contributed by atoms with Crippen LogP contribution in [0.15, 0.2) is 48.5 Å². The zero-order chi connectivity index (χ0) is 23.5. The first-order valence-corrected chi connectivity index (χ1v) is 13.5. The van der Waals surface area contributed by atoms with Gasteiger partial charge in [-0.05, 0) is 91.0 Å². The zero-order valence-electron chi connectivity index (χ0n) is 20.7. The van der Waals surface area contributed by atoms with Crippen LogP contribution in [0, 0.1) is 23.2 Å². The normalized spacial score (nSPS) is 29.9. The third kappa shape index (κ3) is 4.56. The van der Waals surface area contributed by atoms with Gasteiger partial charge in [0, 0.05) is 18.4 Å². The lowest BCUT2D eigenvalue weighted by Gasteiger charge is -2.50. The summed E-state index contributed by atoms with van der Waals surface area (Å²) in [6.45, 7) is 3.19. The first kappa shape index (κ1) is 23.6. The molecule has 0 radical (unpaired) electrons. The second-order valence-electron chi connectivity index (χ2n) is 11.2. The number of benzene rings is 2. The Morgan fingerprint density at radius 2 is 1.85 bits per heavy atom. The van der Waals surface area contributed by atoms with E-state index in [1.54, 1.807) is 0 Å². The SMILES string of the molecule is C[C@]12CC[C@@H]3c4ccc(OCc5ccccc5)cc4CC[C@H]3[C@@H]1[C@H](CCCCCCO)CC2=O. The third-order valence-electron chi connectivity index (χ3n) is 9.27. The van der Waals surface area contributed by atoms with Crippen LogP contribution in [-0.4, -0.2) is 17.5 Å². The topological polar surface area (TPSA) is 46.5 Å². The van der Waals surface area contributed by atoms with Crippen molar-refractivity contribution in [1.82, 2.24) is 0 Å². The van der Waals surface area contributed by atoms with Gasteiger partial charge in [0.2, 0.25) is 0 Å². The highest BCUT2D eigenvalue weighted by Gasteiger charge is 2.58. The number of fused-ring (bicyclic) bond motifs is 5. The fourth-order valence-electron chi connectivity index (χ4n) is 7.59. The number of aryl methyl sites for hydroxylation is 1. The molecule has 0 aliphatic heterocycles. The van der Waals surface area contributed by atoms with Crippen molar-refractivity contribution in [2.75, 3.05) is 6.61 Å². The van der Waals surface area contributed by atoms with Crippen LogP contribution in [0.2, 0.25) is 0 Å². The predicted molar refractivity (Wildman–Crippen MR) is 136 cm³/mol. The molecule has 3 heteroatoms. The molecule has 3 nitrogen and oxygen atoms in total. The molecule has 5 rings (SSSR count). The number of unbranched alkanes of at least 4 members (excludes halogenated alkanes) is 3. The number of carbonyl (C=O) groups is 1. The molecule has 182 valence electrons. The maximum atomic E-state index is 13.2. The van der Waals surface area contributed by atoms with Gasteiger partial charge in [-0.2, -0.15) is 0 Å². The standard InChI is InChI=1S/C31H40O3/c1-31-17-16-27-26-15-13-25(34-21-22-9-5-4-6-10-22)19-23(26)12-14-28(27)30(31)24(20-29(31)33)11-7-2-3-8-18-32/h4-6,9-10,13,15,19,24,27-28,30,32H,2-3,7-8,11-12,14,16-18,20-21H2,1H3/t24-,27-,28-,30+,31-/m1/s1. The highest BCUT2D eigenvalue weighted by Crippen LogP contribution is 2.62. The molecule has 2 aromatic carbocycles. The lowest BCUT2D eigenvalue weighted by Crippen LogP contribution is -2.44. The lowest BCUT2D eigenvalue weighted by atomic mass is 9.54. The molecule has 0 spiro atoms. The molecular weight excluding hydrogens is 420 g/mol. The Morgan fingerprint density at radius 1 is 1.03 bits per heavy atom. The van der Waals surface area contributed by atoms with E-state index in [0.717, 1.165) is 44.3 Å². The number of ketones is 1. The molecule has 2 saturated carbocycles. The molecule has 0 heterocycles. The van der Waals surface area contributed by atoms with E-state index in [2.05, 4.69) is 49.4 Å². The Balaban J connectivity index is 1.29. The van der Waals surface area contributed by atoms with E-state index in [4.69, 9.17) is 9.84 Å². The minimum atomic E-state index is -0.104. The molecule has 0 saturated heterocycles. The van der Waals surface area contributed by atoms with E-state index in [1.807, 2.05) is 6.07 Å². The minimum absolute atomic E-state index is 0.104. The van der Waals surface area contributed by atoms with Crippen LogP contribution in [0.3, 0.4) is 0 Å². The Labute approximate surface area is 204 Å². The Morgan fingerprint density at radius 3 is 2.68 bits per heavy atom. The van der Waals surface area contributed by atoms with Gasteiger partial charge in [-0.15, -0.1) is 0 Å². The predicted octanol–water partition coefficient (Wildman–Crippen LogP) is 6.86. The van der Waals surface area contributed by atoms with E-state index >= 15 is 0 Å². The number of hydrogen-bond donors (Lipinski definition) is 1. The van der Waals surface area contributed by atoms with Crippen molar-refractivity contribution in [3.63, 3.8) is 0 Å². The average molecular weight is 461 g/mol. The van der Waals surface area contributed by atoms with Gasteiger partial charge in [0.25, 0.3) is 0 Å². The van der Waals surface area contributed by atoms with E-state index in [-0.39, 0.29) is 5.41 Å². The van der Waals surface area contributed by atoms with Crippen molar-refractivity contribution in [1.29, 1.82) is 0 Å². The molecule has 34 heavy (non-hydrogen) atoms. The molecule has 2 fully saturated rings. The molecule has 5 atom stereocenters. The van der Waals surface area contributed by atoms with Crippen LogP contribution in [0.25, 0.3) is 0 Å². The number of Topliss-reactive ketones (excluding diaryl/α,β-unsaturated/α-hetero) is 1. The maximum Gasteiger partial charge on any atom is 0.139 e. The summed E-state index contributed by atoms with van der Waals surface area (Å²) in [7, 11) is 0. The monoisotopic (exact) mass is 460 g/mol. The van der Waals surface area contributed by atoms with Crippen molar-refractivity contribution in [3.05, 3.63) is 65.2 Å². The Hall–Kier alpha value is -2.13. The molecule has 3 aliphatic carbocycles. The largest absolute Gasteiger partial charge is 0.489 e. The molecule has 0 unspecified atom stereocenters. The van der Waals surface area contributed by atoms with E-state index < -0.39 is 0 Å². The molecular formula is C31H40O3. The number of aliphatic hydroxyl groups excluding tert-OH is 1. The van der Waals surface area contributed by atoms with E-state index in [1.165, 1.54) is 42.4 Å². The summed E-state index contributed by atoms with van der Waals surface area (Å²) in [6, 6.07) is 17.1. The first-order valence-electron chi connectivity index (χ1n) is 13.5. The van der Waals surface area contributed by atoms with Crippen molar-refractivity contribution in [2.24, 2.45) is 23.2 Å². The molecule has 0 amide bonds. The van der Waals surface area contributed by atoms with Gasteiger partial charge in [0.15, 0.2) is 0 Å². The number of hydrogen-bond acceptors (Lipinski definition) is 3. The van der Waals surface area contributed by atoms with Gasteiger partial charge in [0.05, 0.1) is 0 Å². The van der Waals surface area contributed by atoms with Crippen LogP contribution in [-0.2, 0) is 17.8 Å². The van der Waals surface area contributed by atoms with Crippen LogP contribution < -0.4 is 4.74 Å². The molecule has 2 aromatic rings. The fraction of sp³-hybridized carbons (Fsp3) is 0.581. The highest BCUT2D eigenvalue weighted by molar-refractivity contribution is 5.87. The quantitative estimate of drug-likeness (QED) is 0.416. The van der Waals surface area contributed by atoms with Crippen LogP contribution in [0.4, 0.5) is 0 Å². The third-order valence-corrected chi connectivity index (χ3v) is 9.27. The van der Waals surface area contributed by atoms with Crippen LogP contribution in [0.1, 0.15) is 87.3 Å². The van der Waals surface area contributed by atoms with Crippen LogP contribution in [0.5, 0.6) is 5.75 Å². The number of ether oxygens (including phenoxy) is 1. The summed E-state index contributed by atoms with van der Waals surface area (Å²) in [5, 5.41) is 9.06. The molecule has 0 bridgehead atoms. The Bertz CT molecular complexity index is 983. The van der Waals surface area contributed by atoms with Gasteiger partial charge >= 0.3 is 0 Å². The molecule has 3 aliphatic rings. The summed E-state index contributed by atoms with van der Waals surface area (Å²) in [6.07, 6.45) is 10.9. The van der Waals surface area contributed by atoms with Crippen molar-refractivity contribution >= 4 is 5.78 Å². The summed E-state index contributed by atoms with van der Waals surface area (Å²) in [5.41, 5.74) is 4.07. The summed E-state index contributed by atoms with van der Waals surface area (Å²) < 4.78 is 6.12. The first-order chi connectivity index (χ1) is 16.6. The van der Waals surface area contributed by atoms with E-state index in [9.17, 15) is 4.79 Å². The maximum absolute atomic E-state index is 13.2. The fourth-order valence-corrected chi connectivity index (χ4v) is 7.59. The summed E-state index contributed by atoms with van der Waals surface area (Å²) in [5.74, 6) is 3.82. The second-order valence-corrected chi connectivity index (χ2v) is 11.2. The smallest absolute Gasteiger partial charge is 0.139 e. The van der Waals surface area contributed by atoms with Crippen molar-refractivity contribution < 1.29 is 14.6 Å². The van der Waals surface area contributed by atoms with Crippen LogP contribution >= 0.6 is 0 Å². The lowest BCUT2D eigenvalue weighted by molar-refractivity contribution is -0.129. The number of rotatable bonds is 9. The average Bonchev–Trinajstić information content (AvgIpc) is 3.12. The zero-order valence-corrected chi connectivity index (χ0v) is 20.7. The number of aliphatic hydroxyl groups is 1. The molecule has 1 N–H and O–H groups in total. The second kappa shape index (κ2) is 10.2.